The van der Waals surface area contributed by atoms with Gasteiger partial charge in [-0.1, -0.05) is 57.4 Å². The van der Waals surface area contributed by atoms with Gasteiger partial charge in [0.2, 0.25) is 0 Å². The van der Waals surface area contributed by atoms with Gasteiger partial charge in [-0.2, -0.15) is 0 Å². The lowest BCUT2D eigenvalue weighted by atomic mass is 9.63. The lowest BCUT2D eigenvalue weighted by Gasteiger charge is -2.46. The number of fused-ring (bicyclic) bond motifs is 1. The van der Waals surface area contributed by atoms with E-state index < -0.39 is 8.32 Å². The Labute approximate surface area is 164 Å². The van der Waals surface area contributed by atoms with E-state index in [0.29, 0.717) is 25.0 Å². The van der Waals surface area contributed by atoms with Crippen LogP contribution in [0.15, 0.2) is 23.3 Å². The van der Waals surface area contributed by atoms with E-state index in [0.717, 1.165) is 11.4 Å². The average Bonchev–Trinajstić information content (AvgIpc) is 2.54. The van der Waals surface area contributed by atoms with Crippen molar-refractivity contribution in [2.75, 3.05) is 13.2 Å². The molecule has 0 N–H and O–H groups in total. The molecule has 6 heteroatoms. The minimum atomic E-state index is -1.91. The predicted octanol–water partition coefficient (Wildman–Crippen LogP) is 7.05. The molecule has 1 aromatic carbocycles. The van der Waals surface area contributed by atoms with Gasteiger partial charge in [0.05, 0.1) is 0 Å². The Morgan fingerprint density at radius 2 is 2.00 bits per heavy atom. The lowest BCUT2D eigenvalue weighted by Crippen LogP contribution is -2.48. The van der Waals surface area contributed by atoms with Crippen LogP contribution in [-0.2, 0) is 9.84 Å². The van der Waals surface area contributed by atoms with Crippen molar-refractivity contribution in [2.45, 2.75) is 70.5 Å². The fourth-order valence-electron chi connectivity index (χ4n) is 3.64. The zero-order valence-electron chi connectivity index (χ0n) is 17.1. The molecule has 0 fully saturated rings. The van der Waals surface area contributed by atoms with E-state index in [-0.39, 0.29) is 10.5 Å². The standard InChI is InChI=1S/C20H32ClN3OSi/c1-14-11-20(12-23-24-22,13-25-26(6,7)19(3,4)5)18-9-8-16(21)10-17(18)15(14)2/h8-10,14-15H,11-13H2,1-7H3/t14-,15-,20-/m0/s1. The van der Waals surface area contributed by atoms with Crippen molar-refractivity contribution in [3.63, 3.8) is 0 Å². The summed E-state index contributed by atoms with van der Waals surface area (Å²) in [5.41, 5.74) is 11.2. The molecule has 1 aliphatic carbocycles. The van der Waals surface area contributed by atoms with Gasteiger partial charge in [0.15, 0.2) is 8.32 Å². The highest BCUT2D eigenvalue weighted by molar-refractivity contribution is 6.74. The number of nitrogens with zero attached hydrogens (tertiary/aromatic N) is 3. The zero-order chi connectivity index (χ0) is 19.8. The third-order valence-electron chi connectivity index (χ3n) is 6.59. The third kappa shape index (κ3) is 4.12. The van der Waals surface area contributed by atoms with E-state index in [4.69, 9.17) is 21.6 Å². The van der Waals surface area contributed by atoms with E-state index in [1.54, 1.807) is 0 Å². The Hall–Kier alpha value is -1.00. The molecule has 0 bridgehead atoms. The van der Waals surface area contributed by atoms with Crippen LogP contribution in [0.3, 0.4) is 0 Å². The monoisotopic (exact) mass is 393 g/mol. The van der Waals surface area contributed by atoms with Gasteiger partial charge in [0.25, 0.3) is 0 Å². The van der Waals surface area contributed by atoms with Crippen molar-refractivity contribution in [3.8, 4) is 0 Å². The van der Waals surface area contributed by atoms with E-state index in [9.17, 15) is 0 Å². The minimum absolute atomic E-state index is 0.142. The number of benzene rings is 1. The maximum atomic E-state index is 8.98. The van der Waals surface area contributed by atoms with Gasteiger partial charge in [-0.05, 0) is 65.2 Å². The van der Waals surface area contributed by atoms with E-state index >= 15 is 0 Å². The van der Waals surface area contributed by atoms with Crippen molar-refractivity contribution < 1.29 is 4.43 Å². The van der Waals surface area contributed by atoms with Crippen LogP contribution in [0.4, 0.5) is 0 Å². The normalized spacial score (nSPS) is 26.2. The van der Waals surface area contributed by atoms with Gasteiger partial charge in [-0.25, -0.2) is 0 Å². The van der Waals surface area contributed by atoms with Crippen LogP contribution in [0.1, 0.15) is 58.1 Å². The van der Waals surface area contributed by atoms with Crippen LogP contribution >= 0.6 is 11.6 Å². The Bertz CT molecular complexity index is 709. The molecular weight excluding hydrogens is 362 g/mol. The number of azide groups is 1. The molecule has 4 nitrogen and oxygen atoms in total. The molecule has 0 heterocycles. The predicted molar refractivity (Wildman–Crippen MR) is 112 cm³/mol. The fraction of sp³-hybridized carbons (Fsp3) is 0.700. The summed E-state index contributed by atoms with van der Waals surface area (Å²) in [5.74, 6) is 0.897. The molecule has 0 radical (unpaired) electrons. The summed E-state index contributed by atoms with van der Waals surface area (Å²) < 4.78 is 6.63. The van der Waals surface area contributed by atoms with E-state index in [2.05, 4.69) is 69.9 Å². The Balaban J connectivity index is 2.50. The average molecular weight is 394 g/mol. The second-order valence-electron chi connectivity index (χ2n) is 9.42. The van der Waals surface area contributed by atoms with Gasteiger partial charge < -0.3 is 4.43 Å². The van der Waals surface area contributed by atoms with Crippen molar-refractivity contribution >= 4 is 19.9 Å². The molecule has 0 spiro atoms. The molecule has 1 aromatic rings. The first kappa shape index (κ1) is 21.3. The molecular formula is C20H32ClN3OSi. The quantitative estimate of drug-likeness (QED) is 0.228. The molecule has 0 aliphatic heterocycles. The van der Waals surface area contributed by atoms with E-state index in [1.807, 2.05) is 6.07 Å². The third-order valence-corrected chi connectivity index (χ3v) is 11.3. The smallest absolute Gasteiger partial charge is 0.192 e. The van der Waals surface area contributed by atoms with Crippen LogP contribution in [0, 0.1) is 5.92 Å². The Morgan fingerprint density at radius 3 is 2.58 bits per heavy atom. The topological polar surface area (TPSA) is 58.0 Å². The summed E-state index contributed by atoms with van der Waals surface area (Å²) in [6.07, 6.45) is 0.955. The van der Waals surface area contributed by atoms with Crippen LogP contribution in [0.5, 0.6) is 0 Å². The fourth-order valence-corrected chi connectivity index (χ4v) is 4.89. The Morgan fingerprint density at radius 1 is 1.35 bits per heavy atom. The van der Waals surface area contributed by atoms with Crippen LogP contribution in [-0.4, -0.2) is 21.5 Å². The second kappa shape index (κ2) is 7.55. The van der Waals surface area contributed by atoms with Crippen LogP contribution in [0.2, 0.25) is 23.2 Å². The Kier molecular flexibility index (Phi) is 6.19. The van der Waals surface area contributed by atoms with Crippen molar-refractivity contribution in [1.29, 1.82) is 0 Å². The summed E-state index contributed by atoms with van der Waals surface area (Å²) in [6, 6.07) is 6.14. The SMILES string of the molecule is C[C@@H]1c2cc(Cl)ccc2[C@@](CN=[N+]=[N-])(CO[Si](C)(C)C(C)(C)C)C[C@@H]1C. The molecule has 26 heavy (non-hydrogen) atoms. The lowest BCUT2D eigenvalue weighted by molar-refractivity contribution is 0.158. The first-order valence-corrected chi connectivity index (χ1v) is 12.7. The van der Waals surface area contributed by atoms with Gasteiger partial charge in [-0.3, -0.25) is 0 Å². The maximum Gasteiger partial charge on any atom is 0.192 e. The van der Waals surface area contributed by atoms with Gasteiger partial charge >= 0.3 is 0 Å². The first-order chi connectivity index (χ1) is 11.9. The minimum Gasteiger partial charge on any atom is -0.416 e. The second-order valence-corrected chi connectivity index (χ2v) is 14.7. The van der Waals surface area contributed by atoms with Gasteiger partial charge in [0.1, 0.15) is 0 Å². The molecule has 0 aromatic heterocycles. The molecule has 0 unspecified atom stereocenters. The molecule has 0 saturated carbocycles. The molecule has 1 aliphatic rings. The van der Waals surface area contributed by atoms with Gasteiger partial charge in [0, 0.05) is 28.5 Å². The number of hydrogen-bond donors (Lipinski definition) is 0. The number of rotatable bonds is 5. The summed E-state index contributed by atoms with van der Waals surface area (Å²) in [6.45, 7) is 16.8. The highest BCUT2D eigenvalue weighted by Gasteiger charge is 2.45. The molecule has 144 valence electrons. The first-order valence-electron chi connectivity index (χ1n) is 9.38. The van der Waals surface area contributed by atoms with Crippen molar-refractivity contribution in [3.05, 3.63) is 44.8 Å². The van der Waals surface area contributed by atoms with Gasteiger partial charge in [-0.15, -0.1) is 0 Å². The van der Waals surface area contributed by atoms with E-state index in [1.165, 1.54) is 11.1 Å². The molecule has 2 rings (SSSR count). The van der Waals surface area contributed by atoms with Crippen LogP contribution in [0.25, 0.3) is 10.4 Å². The number of halogens is 1. The van der Waals surface area contributed by atoms with Crippen molar-refractivity contribution in [2.24, 2.45) is 11.0 Å². The summed E-state index contributed by atoms with van der Waals surface area (Å²) >= 11 is 6.29. The maximum absolute atomic E-state index is 8.98. The molecule has 0 saturated heterocycles. The summed E-state index contributed by atoms with van der Waals surface area (Å²) in [5, 5.41) is 4.89. The molecule has 3 atom stereocenters. The summed E-state index contributed by atoms with van der Waals surface area (Å²) in [7, 11) is -1.91. The highest BCUT2D eigenvalue weighted by atomic mass is 35.5. The molecule has 0 amide bonds. The zero-order valence-corrected chi connectivity index (χ0v) is 18.9. The summed E-state index contributed by atoms with van der Waals surface area (Å²) in [4.78, 5) is 3.06. The number of hydrogen-bond acceptors (Lipinski definition) is 2. The van der Waals surface area contributed by atoms with Crippen molar-refractivity contribution in [1.82, 2.24) is 0 Å². The largest absolute Gasteiger partial charge is 0.416 e. The van der Waals surface area contributed by atoms with Crippen LogP contribution < -0.4 is 0 Å². The highest BCUT2D eigenvalue weighted by Crippen LogP contribution is 2.48.